The van der Waals surface area contributed by atoms with E-state index in [1.807, 2.05) is 34.9 Å². The average Bonchev–Trinajstić information content (AvgIpc) is 3.34. The first-order valence-electron chi connectivity index (χ1n) is 14.8. The number of nitrogens with zero attached hydrogens (tertiary/aromatic N) is 2. The molecule has 6 rings (SSSR count). The molecule has 8 nitrogen and oxygen atoms in total. The van der Waals surface area contributed by atoms with Gasteiger partial charge in [0.05, 0.1) is 24.7 Å². The molecule has 4 heterocycles. The van der Waals surface area contributed by atoms with Crippen LogP contribution < -0.4 is 5.32 Å². The number of carbonyl (C=O) groups is 3. The number of nitrogens with one attached hydrogen (secondary N) is 2. The summed E-state index contributed by atoms with van der Waals surface area (Å²) < 4.78 is 5.51. The van der Waals surface area contributed by atoms with Crippen molar-refractivity contribution in [2.24, 2.45) is 11.8 Å². The fraction of sp³-hybridized carbons (Fsp3) is 0.581. The number of hydrogen-bond donors (Lipinski definition) is 2. The van der Waals surface area contributed by atoms with Gasteiger partial charge in [0.2, 0.25) is 17.7 Å². The largest absolute Gasteiger partial charge is 0.378 e. The number of rotatable bonds is 6. The lowest BCUT2D eigenvalue weighted by molar-refractivity contribution is -0.166. The minimum atomic E-state index is -0.841. The van der Waals surface area contributed by atoms with E-state index in [0.717, 1.165) is 41.4 Å². The summed E-state index contributed by atoms with van der Waals surface area (Å²) in [4.78, 5) is 48.5. The van der Waals surface area contributed by atoms with Crippen molar-refractivity contribution < 1.29 is 19.1 Å². The van der Waals surface area contributed by atoms with Crippen molar-refractivity contribution in [3.05, 3.63) is 46.1 Å². The molecule has 2 N–H and O–H groups in total. The quantitative estimate of drug-likeness (QED) is 0.509. The third-order valence-corrected chi connectivity index (χ3v) is 9.78. The molecule has 2 saturated heterocycles. The Balaban J connectivity index is 1.27. The first-order chi connectivity index (χ1) is 19.4. The molecule has 3 aliphatic heterocycles. The molecule has 0 radical (unpaired) electrons. The monoisotopic (exact) mass is 566 g/mol. The molecule has 1 aromatic carbocycles. The smallest absolute Gasteiger partial charge is 0.228 e. The Bertz CT molecular complexity index is 1350. The van der Waals surface area contributed by atoms with E-state index in [-0.39, 0.29) is 24.1 Å². The average molecular weight is 567 g/mol. The molecule has 40 heavy (non-hydrogen) atoms. The maximum atomic E-state index is 14.2. The minimum absolute atomic E-state index is 0.0301. The number of carbonyl (C=O) groups excluding carboxylic acids is 3. The first kappa shape index (κ1) is 27.3. The molecule has 0 saturated carbocycles. The predicted octanol–water partition coefficient (Wildman–Crippen LogP) is 4.31. The Kier molecular flexibility index (Phi) is 7.66. The van der Waals surface area contributed by atoms with Crippen molar-refractivity contribution in [2.75, 3.05) is 39.4 Å². The number of benzene rings is 1. The van der Waals surface area contributed by atoms with Crippen molar-refractivity contribution in [3.63, 3.8) is 0 Å². The summed E-state index contributed by atoms with van der Waals surface area (Å²) in [6.07, 6.45) is 8.97. The second kappa shape index (κ2) is 11.2. The number of ether oxygens (including phenoxy) is 1. The molecule has 0 unspecified atom stereocenters. The number of morpholine rings is 1. The predicted molar refractivity (Wildman–Crippen MR) is 154 cm³/mol. The lowest BCUT2D eigenvalue weighted by Gasteiger charge is -2.54. The number of aromatic nitrogens is 1. The number of aromatic amines is 1. The zero-order chi connectivity index (χ0) is 27.9. The summed E-state index contributed by atoms with van der Waals surface area (Å²) in [5, 5.41) is 4.75. The molecule has 2 aromatic rings. The van der Waals surface area contributed by atoms with E-state index in [0.29, 0.717) is 57.3 Å². The first-order valence-corrected chi connectivity index (χ1v) is 15.2. The van der Waals surface area contributed by atoms with Gasteiger partial charge in [-0.25, -0.2) is 0 Å². The third kappa shape index (κ3) is 4.94. The van der Waals surface area contributed by atoms with Crippen LogP contribution in [0.4, 0.5) is 0 Å². The van der Waals surface area contributed by atoms with Gasteiger partial charge in [-0.3, -0.25) is 14.4 Å². The molecule has 214 valence electrons. The minimum Gasteiger partial charge on any atom is -0.378 e. The Morgan fingerprint density at radius 2 is 2.00 bits per heavy atom. The van der Waals surface area contributed by atoms with Gasteiger partial charge in [-0.2, -0.15) is 0 Å². The number of allylic oxidation sites excluding steroid dienone is 1. The molecule has 3 atom stereocenters. The topological polar surface area (TPSA) is 94.7 Å². The van der Waals surface area contributed by atoms with E-state index >= 15 is 0 Å². The highest BCUT2D eigenvalue weighted by Crippen LogP contribution is 2.50. The van der Waals surface area contributed by atoms with Gasteiger partial charge in [-0.1, -0.05) is 23.3 Å². The summed E-state index contributed by atoms with van der Waals surface area (Å²) in [5.74, 6) is -1.13. The number of fused-ring (bicyclic) bond motifs is 5. The fourth-order valence-corrected chi connectivity index (χ4v) is 7.52. The van der Waals surface area contributed by atoms with Crippen molar-refractivity contribution in [1.82, 2.24) is 20.1 Å². The zero-order valence-electron chi connectivity index (χ0n) is 23.3. The highest BCUT2D eigenvalue weighted by atomic mass is 35.5. The van der Waals surface area contributed by atoms with Gasteiger partial charge in [-0.15, -0.1) is 0 Å². The molecule has 4 aliphatic rings. The molecule has 1 aliphatic carbocycles. The van der Waals surface area contributed by atoms with Crippen molar-refractivity contribution in [1.29, 1.82) is 0 Å². The Morgan fingerprint density at radius 1 is 1.18 bits per heavy atom. The van der Waals surface area contributed by atoms with Crippen LogP contribution in [0.3, 0.4) is 0 Å². The maximum Gasteiger partial charge on any atom is 0.228 e. The SMILES string of the molecule is C[C@]12c3[nH]c4ccc(Cl)cc4c3CCN1C(=O)[C@@H](CC(=O)NCCC1=CCCCC1)C[C@@H]2C(=O)N1CCOCC1. The molecular weight excluding hydrogens is 528 g/mol. The Hall–Kier alpha value is -2.84. The van der Waals surface area contributed by atoms with E-state index in [2.05, 4.69) is 16.4 Å². The van der Waals surface area contributed by atoms with Crippen LogP contribution in [0.5, 0.6) is 0 Å². The molecule has 1 aromatic heterocycles. The lowest BCUT2D eigenvalue weighted by Crippen LogP contribution is -2.65. The number of piperidine rings is 1. The number of H-pyrrole nitrogens is 1. The van der Waals surface area contributed by atoms with Gasteiger partial charge in [0.25, 0.3) is 0 Å². The van der Waals surface area contributed by atoms with Crippen LogP contribution >= 0.6 is 11.6 Å². The molecule has 3 amide bonds. The summed E-state index contributed by atoms with van der Waals surface area (Å²) in [5.41, 5.74) is 3.57. The molecule has 9 heteroatoms. The van der Waals surface area contributed by atoms with Crippen LogP contribution in [0.15, 0.2) is 29.8 Å². The summed E-state index contributed by atoms with van der Waals surface area (Å²) in [6, 6.07) is 5.78. The fourth-order valence-electron chi connectivity index (χ4n) is 7.35. The van der Waals surface area contributed by atoms with Crippen LogP contribution in [0.2, 0.25) is 5.02 Å². The highest BCUT2D eigenvalue weighted by Gasteiger charge is 2.57. The summed E-state index contributed by atoms with van der Waals surface area (Å²) in [6.45, 7) is 5.21. The van der Waals surface area contributed by atoms with E-state index in [1.165, 1.54) is 18.4 Å². The standard InChI is InChI=1S/C31H39ClN4O4/c1-31-25(30(39)35-13-15-40-16-14-35)17-21(18-27(37)33-11-9-20-5-3-2-4-6-20)29(38)36(31)12-10-23-24-19-22(32)7-8-26(24)34-28(23)31/h5,7-8,19,21,25,34H,2-4,6,9-18H2,1H3,(H,33,37)/t21-,25-,31+/m1/s1. The van der Waals surface area contributed by atoms with Crippen molar-refractivity contribution in [2.45, 2.75) is 63.8 Å². The number of amides is 3. The van der Waals surface area contributed by atoms with E-state index in [1.54, 1.807) is 0 Å². The van der Waals surface area contributed by atoms with E-state index in [4.69, 9.17) is 16.3 Å². The van der Waals surface area contributed by atoms with Crippen LogP contribution in [0.25, 0.3) is 10.9 Å². The summed E-state index contributed by atoms with van der Waals surface area (Å²) >= 11 is 6.35. The van der Waals surface area contributed by atoms with Gasteiger partial charge in [0.15, 0.2) is 0 Å². The van der Waals surface area contributed by atoms with Crippen molar-refractivity contribution >= 4 is 40.2 Å². The van der Waals surface area contributed by atoms with E-state index in [9.17, 15) is 14.4 Å². The highest BCUT2D eigenvalue weighted by molar-refractivity contribution is 6.31. The Morgan fingerprint density at radius 3 is 2.77 bits per heavy atom. The number of hydrogen-bond acceptors (Lipinski definition) is 4. The third-order valence-electron chi connectivity index (χ3n) is 9.54. The molecule has 2 fully saturated rings. The summed E-state index contributed by atoms with van der Waals surface area (Å²) in [7, 11) is 0. The molecule has 0 bridgehead atoms. The van der Waals surface area contributed by atoms with Crippen molar-refractivity contribution in [3.8, 4) is 0 Å². The zero-order valence-corrected chi connectivity index (χ0v) is 24.0. The Labute approximate surface area is 240 Å². The van der Waals surface area contributed by atoms with Gasteiger partial charge in [0, 0.05) is 60.1 Å². The maximum absolute atomic E-state index is 14.2. The normalized spacial score (nSPS) is 26.8. The molecule has 0 spiro atoms. The number of halogens is 1. The van der Waals surface area contributed by atoms with Gasteiger partial charge < -0.3 is 24.8 Å². The van der Waals surface area contributed by atoms with Gasteiger partial charge in [-0.05, 0) is 75.6 Å². The van der Waals surface area contributed by atoms with E-state index < -0.39 is 17.4 Å². The van der Waals surface area contributed by atoms with Gasteiger partial charge >= 0.3 is 0 Å². The van der Waals surface area contributed by atoms with Crippen LogP contribution in [0, 0.1) is 11.8 Å². The van der Waals surface area contributed by atoms with Gasteiger partial charge in [0.1, 0.15) is 0 Å². The van der Waals surface area contributed by atoms with Crippen LogP contribution in [-0.2, 0) is 31.1 Å². The second-order valence-electron chi connectivity index (χ2n) is 11.9. The second-order valence-corrected chi connectivity index (χ2v) is 12.3. The van der Waals surface area contributed by atoms with Crippen LogP contribution in [0.1, 0.15) is 63.1 Å². The van der Waals surface area contributed by atoms with Crippen LogP contribution in [-0.4, -0.2) is 71.9 Å². The molecular formula is C31H39ClN4O4. The lowest BCUT2D eigenvalue weighted by atomic mass is 9.67.